The van der Waals surface area contributed by atoms with E-state index in [-0.39, 0.29) is 28.2 Å². The lowest BCUT2D eigenvalue weighted by atomic mass is 10.1. The van der Waals surface area contributed by atoms with Crippen molar-refractivity contribution in [3.8, 4) is 6.07 Å². The van der Waals surface area contributed by atoms with Crippen LogP contribution in [0.1, 0.15) is 56.3 Å². The van der Waals surface area contributed by atoms with Gasteiger partial charge in [0.15, 0.2) is 0 Å². The van der Waals surface area contributed by atoms with Gasteiger partial charge in [-0.1, -0.05) is 24.3 Å². The van der Waals surface area contributed by atoms with Crippen LogP contribution in [0.2, 0.25) is 0 Å². The molecule has 0 radical (unpaired) electrons. The molecule has 0 aliphatic carbocycles. The van der Waals surface area contributed by atoms with Crippen molar-refractivity contribution in [3.05, 3.63) is 88.1 Å². The van der Waals surface area contributed by atoms with Crippen LogP contribution >= 0.6 is 0 Å². The molecule has 1 atom stereocenters. The van der Waals surface area contributed by atoms with Crippen LogP contribution in [0.5, 0.6) is 0 Å². The Balaban J connectivity index is 1.71. The molecule has 0 saturated heterocycles. The molecule has 2 heterocycles. The number of aryl methyl sites for hydroxylation is 1. The number of nitriles is 1. The predicted molar refractivity (Wildman–Crippen MR) is 125 cm³/mol. The van der Waals surface area contributed by atoms with Crippen LogP contribution in [-0.4, -0.2) is 26.6 Å². The van der Waals surface area contributed by atoms with Gasteiger partial charge in [-0.2, -0.15) is 10.4 Å². The van der Waals surface area contributed by atoms with Crippen molar-refractivity contribution in [2.45, 2.75) is 26.8 Å². The van der Waals surface area contributed by atoms with Crippen molar-refractivity contribution in [1.29, 1.82) is 5.26 Å². The highest BCUT2D eigenvalue weighted by atomic mass is 19.1. The number of halogens is 1. The summed E-state index contributed by atoms with van der Waals surface area (Å²) in [6.07, 6.45) is 0. The lowest BCUT2D eigenvalue weighted by molar-refractivity contribution is 0.0996. The molecule has 4 aromatic rings. The van der Waals surface area contributed by atoms with Gasteiger partial charge in [0.05, 0.1) is 40.3 Å². The lowest BCUT2D eigenvalue weighted by Crippen LogP contribution is -2.18. The van der Waals surface area contributed by atoms with Gasteiger partial charge in [-0.25, -0.2) is 9.37 Å². The Labute approximate surface area is 194 Å². The Morgan fingerprint density at radius 3 is 2.53 bits per heavy atom. The first kappa shape index (κ1) is 22.6. The summed E-state index contributed by atoms with van der Waals surface area (Å²) < 4.78 is 16.1. The number of benzene rings is 2. The molecule has 2 aromatic heterocycles. The summed E-state index contributed by atoms with van der Waals surface area (Å²) in [7, 11) is 0. The molecule has 3 N–H and O–H groups in total. The second-order valence-electron chi connectivity index (χ2n) is 7.91. The minimum absolute atomic E-state index is 0.0741. The van der Waals surface area contributed by atoms with Gasteiger partial charge in [-0.15, -0.1) is 0 Å². The second kappa shape index (κ2) is 8.75. The summed E-state index contributed by atoms with van der Waals surface area (Å²) >= 11 is 0. The van der Waals surface area contributed by atoms with E-state index in [2.05, 4.69) is 21.5 Å². The third-order valence-electron chi connectivity index (χ3n) is 5.74. The van der Waals surface area contributed by atoms with Crippen LogP contribution in [-0.2, 0) is 0 Å². The van der Waals surface area contributed by atoms with E-state index in [1.165, 1.54) is 18.2 Å². The van der Waals surface area contributed by atoms with Crippen LogP contribution in [0.3, 0.4) is 0 Å². The summed E-state index contributed by atoms with van der Waals surface area (Å²) in [5.74, 6) is -2.07. The number of rotatable bonds is 5. The van der Waals surface area contributed by atoms with E-state index in [0.29, 0.717) is 22.6 Å². The van der Waals surface area contributed by atoms with Gasteiger partial charge in [-0.3, -0.25) is 14.3 Å². The standard InChI is InChI=1S/C25H21FN6O2/c1-13-22(15(3)32(31-13)14(2)17-9-7-16(12-27)8-10-17)30-25(34)19-11-21(24(28)33)29-23-18(19)5-4-6-20(23)26/h4-11,14H,1-3H3,(H2,28,33)(H,30,34). The van der Waals surface area contributed by atoms with E-state index in [1.807, 2.05) is 26.0 Å². The van der Waals surface area contributed by atoms with E-state index >= 15 is 0 Å². The average Bonchev–Trinajstić information content (AvgIpc) is 3.11. The van der Waals surface area contributed by atoms with Crippen molar-refractivity contribution >= 4 is 28.4 Å². The highest BCUT2D eigenvalue weighted by Crippen LogP contribution is 2.28. The minimum Gasteiger partial charge on any atom is -0.364 e. The zero-order valence-electron chi connectivity index (χ0n) is 18.8. The van der Waals surface area contributed by atoms with Crippen molar-refractivity contribution in [1.82, 2.24) is 14.8 Å². The quantitative estimate of drug-likeness (QED) is 0.469. The summed E-state index contributed by atoms with van der Waals surface area (Å²) in [5.41, 5.74) is 8.42. The van der Waals surface area contributed by atoms with Crippen molar-refractivity contribution < 1.29 is 14.0 Å². The molecule has 4 rings (SSSR count). The Kier molecular flexibility index (Phi) is 5.82. The molecule has 0 spiro atoms. The summed E-state index contributed by atoms with van der Waals surface area (Å²) in [5, 5.41) is 16.7. The SMILES string of the molecule is Cc1nn(C(C)c2ccc(C#N)cc2)c(C)c1NC(=O)c1cc(C(N)=O)nc2c(F)cccc12. The van der Waals surface area contributed by atoms with Gasteiger partial charge in [0.1, 0.15) is 17.0 Å². The number of fused-ring (bicyclic) bond motifs is 1. The maximum Gasteiger partial charge on any atom is 0.267 e. The average molecular weight is 456 g/mol. The third-order valence-corrected chi connectivity index (χ3v) is 5.74. The number of aromatic nitrogens is 3. The Morgan fingerprint density at radius 1 is 1.18 bits per heavy atom. The number of hydrogen-bond acceptors (Lipinski definition) is 5. The number of amides is 2. The van der Waals surface area contributed by atoms with Crippen LogP contribution in [0, 0.1) is 31.0 Å². The minimum atomic E-state index is -0.865. The molecule has 1 unspecified atom stereocenters. The zero-order valence-corrected chi connectivity index (χ0v) is 18.8. The fraction of sp³-hybridized carbons (Fsp3) is 0.160. The van der Waals surface area contributed by atoms with Crippen LogP contribution in [0.25, 0.3) is 10.9 Å². The monoisotopic (exact) mass is 456 g/mol. The number of pyridine rings is 1. The maximum atomic E-state index is 14.4. The van der Waals surface area contributed by atoms with Gasteiger partial charge in [0.2, 0.25) is 0 Å². The lowest BCUT2D eigenvalue weighted by Gasteiger charge is -2.15. The number of anilines is 1. The van der Waals surface area contributed by atoms with Crippen molar-refractivity contribution in [2.75, 3.05) is 5.32 Å². The number of nitrogens with two attached hydrogens (primary N) is 1. The van der Waals surface area contributed by atoms with E-state index in [1.54, 1.807) is 29.8 Å². The first-order valence-corrected chi connectivity index (χ1v) is 10.5. The maximum absolute atomic E-state index is 14.4. The number of nitrogens with zero attached hydrogens (tertiary/aromatic N) is 4. The molecule has 0 aliphatic heterocycles. The predicted octanol–water partition coefficient (Wildman–Crippen LogP) is 4.02. The number of hydrogen-bond donors (Lipinski definition) is 2. The van der Waals surface area contributed by atoms with Gasteiger partial charge >= 0.3 is 0 Å². The van der Waals surface area contributed by atoms with Crippen LogP contribution in [0.15, 0.2) is 48.5 Å². The van der Waals surface area contributed by atoms with E-state index < -0.39 is 17.6 Å². The zero-order chi connectivity index (χ0) is 24.6. The molecule has 2 amide bonds. The molecule has 170 valence electrons. The highest BCUT2D eigenvalue weighted by Gasteiger charge is 2.22. The van der Waals surface area contributed by atoms with Gasteiger partial charge in [0.25, 0.3) is 11.8 Å². The Morgan fingerprint density at radius 2 is 1.88 bits per heavy atom. The third kappa shape index (κ3) is 3.97. The Bertz CT molecular complexity index is 1480. The topological polar surface area (TPSA) is 127 Å². The van der Waals surface area contributed by atoms with Crippen LogP contribution in [0.4, 0.5) is 10.1 Å². The van der Waals surface area contributed by atoms with Crippen LogP contribution < -0.4 is 11.1 Å². The normalized spacial score (nSPS) is 11.7. The summed E-state index contributed by atoms with van der Waals surface area (Å²) in [6, 6.07) is 14.6. The molecular weight excluding hydrogens is 435 g/mol. The summed E-state index contributed by atoms with van der Waals surface area (Å²) in [6.45, 7) is 5.56. The number of nitrogens with one attached hydrogen (secondary N) is 1. The molecular formula is C25H21FN6O2. The van der Waals surface area contributed by atoms with E-state index in [9.17, 15) is 14.0 Å². The molecule has 34 heavy (non-hydrogen) atoms. The largest absolute Gasteiger partial charge is 0.364 e. The molecule has 0 saturated carbocycles. The number of carbonyl (C=O) groups excluding carboxylic acids is 2. The molecule has 0 fully saturated rings. The first-order valence-electron chi connectivity index (χ1n) is 10.5. The van der Waals surface area contributed by atoms with E-state index in [4.69, 9.17) is 11.0 Å². The molecule has 2 aromatic carbocycles. The fourth-order valence-electron chi connectivity index (χ4n) is 3.91. The molecule has 0 bridgehead atoms. The van der Waals surface area contributed by atoms with Gasteiger partial charge in [0, 0.05) is 5.39 Å². The van der Waals surface area contributed by atoms with Gasteiger partial charge in [-0.05, 0) is 50.6 Å². The van der Waals surface area contributed by atoms with Crippen molar-refractivity contribution in [3.63, 3.8) is 0 Å². The number of carbonyl (C=O) groups is 2. The highest BCUT2D eigenvalue weighted by molar-refractivity contribution is 6.14. The molecule has 0 aliphatic rings. The smallest absolute Gasteiger partial charge is 0.267 e. The molecule has 8 nitrogen and oxygen atoms in total. The van der Waals surface area contributed by atoms with Gasteiger partial charge < -0.3 is 11.1 Å². The number of primary amides is 1. The first-order chi connectivity index (χ1) is 16.2. The van der Waals surface area contributed by atoms with Crippen molar-refractivity contribution in [2.24, 2.45) is 5.73 Å². The fourth-order valence-corrected chi connectivity index (χ4v) is 3.91. The number of para-hydroxylation sites is 1. The molecule has 9 heteroatoms. The second-order valence-corrected chi connectivity index (χ2v) is 7.91. The van der Waals surface area contributed by atoms with E-state index in [0.717, 1.165) is 5.56 Å². The summed E-state index contributed by atoms with van der Waals surface area (Å²) in [4.78, 5) is 28.9. The Hall–Kier alpha value is -4.58.